The van der Waals surface area contributed by atoms with E-state index in [1.165, 1.54) is 37.2 Å². The van der Waals surface area contributed by atoms with Crippen LogP contribution in [-0.2, 0) is 6.54 Å². The normalized spacial score (nSPS) is 24.4. The highest BCUT2D eigenvalue weighted by Crippen LogP contribution is 2.30. The van der Waals surface area contributed by atoms with Crippen LogP contribution in [0.5, 0.6) is 0 Å². The lowest BCUT2D eigenvalue weighted by Gasteiger charge is -2.28. The van der Waals surface area contributed by atoms with Crippen LogP contribution in [-0.4, -0.2) is 19.6 Å². The molecule has 0 aromatic carbocycles. The molecule has 2 rings (SSSR count). The largest absolute Gasteiger partial charge is 0.316 e. The summed E-state index contributed by atoms with van der Waals surface area (Å²) in [6, 6.07) is 4.08. The fraction of sp³-hybridized carbons (Fsp3) is 0.692. The van der Waals surface area contributed by atoms with Crippen LogP contribution in [0.1, 0.15) is 31.1 Å². The van der Waals surface area contributed by atoms with Crippen molar-refractivity contribution < 1.29 is 0 Å². The smallest absolute Gasteiger partial charge is 0.0931 e. The van der Waals surface area contributed by atoms with E-state index < -0.39 is 0 Å². The molecule has 1 fully saturated rings. The minimum Gasteiger partial charge on any atom is -0.316 e. The van der Waals surface area contributed by atoms with E-state index >= 15 is 0 Å². The Balaban J connectivity index is 1.79. The van der Waals surface area contributed by atoms with Gasteiger partial charge in [0.1, 0.15) is 0 Å². The summed E-state index contributed by atoms with van der Waals surface area (Å²) in [5.41, 5.74) is 0.482. The van der Waals surface area contributed by atoms with Gasteiger partial charge in [0.15, 0.2) is 0 Å². The quantitative estimate of drug-likeness (QED) is 0.831. The SMILES string of the molecule is CCCC1(CNCc2ccc(Cl)s2)CCNC1. The van der Waals surface area contributed by atoms with Gasteiger partial charge in [0.25, 0.3) is 0 Å². The molecule has 0 spiro atoms. The lowest BCUT2D eigenvalue weighted by molar-refractivity contribution is 0.276. The monoisotopic (exact) mass is 272 g/mol. The molecule has 0 saturated carbocycles. The van der Waals surface area contributed by atoms with Gasteiger partial charge in [0.05, 0.1) is 4.34 Å². The van der Waals surface area contributed by atoms with Crippen molar-refractivity contribution in [3.05, 3.63) is 21.3 Å². The second-order valence-electron chi connectivity index (χ2n) is 4.99. The summed E-state index contributed by atoms with van der Waals surface area (Å²) in [4.78, 5) is 1.33. The van der Waals surface area contributed by atoms with Crippen molar-refractivity contribution in [3.8, 4) is 0 Å². The molecule has 96 valence electrons. The molecule has 1 aromatic rings. The average Bonchev–Trinajstić information content (AvgIpc) is 2.90. The molecule has 0 amide bonds. The van der Waals surface area contributed by atoms with Gasteiger partial charge in [-0.2, -0.15) is 0 Å². The van der Waals surface area contributed by atoms with Gasteiger partial charge in [-0.25, -0.2) is 0 Å². The van der Waals surface area contributed by atoms with Gasteiger partial charge in [-0.1, -0.05) is 24.9 Å². The molecule has 2 nitrogen and oxygen atoms in total. The molecule has 0 radical (unpaired) electrons. The molecule has 2 N–H and O–H groups in total. The molecule has 1 saturated heterocycles. The molecule has 4 heteroatoms. The first-order chi connectivity index (χ1) is 8.24. The van der Waals surface area contributed by atoms with Crippen molar-refractivity contribution in [2.24, 2.45) is 5.41 Å². The number of hydrogen-bond acceptors (Lipinski definition) is 3. The molecule has 0 aliphatic carbocycles. The highest BCUT2D eigenvalue weighted by atomic mass is 35.5. The third kappa shape index (κ3) is 3.68. The summed E-state index contributed by atoms with van der Waals surface area (Å²) < 4.78 is 0.882. The molecule has 17 heavy (non-hydrogen) atoms. The maximum absolute atomic E-state index is 5.92. The molecular formula is C13H21ClN2S. The molecule has 1 unspecified atom stereocenters. The second kappa shape index (κ2) is 6.19. The Morgan fingerprint density at radius 2 is 2.41 bits per heavy atom. The number of nitrogens with one attached hydrogen (secondary N) is 2. The van der Waals surface area contributed by atoms with E-state index in [9.17, 15) is 0 Å². The highest BCUT2D eigenvalue weighted by Gasteiger charge is 2.32. The van der Waals surface area contributed by atoms with Crippen LogP contribution >= 0.6 is 22.9 Å². The summed E-state index contributed by atoms with van der Waals surface area (Å²) in [5, 5.41) is 7.09. The fourth-order valence-electron chi connectivity index (χ4n) is 2.68. The minimum absolute atomic E-state index is 0.482. The van der Waals surface area contributed by atoms with E-state index in [1.807, 2.05) is 6.07 Å². The summed E-state index contributed by atoms with van der Waals surface area (Å²) >= 11 is 7.59. The van der Waals surface area contributed by atoms with Crippen molar-refractivity contribution in [1.29, 1.82) is 0 Å². The van der Waals surface area contributed by atoms with Crippen molar-refractivity contribution in [2.45, 2.75) is 32.7 Å². The van der Waals surface area contributed by atoms with E-state index in [0.717, 1.165) is 17.4 Å². The Kier molecular flexibility index (Phi) is 4.86. The summed E-state index contributed by atoms with van der Waals surface area (Å²) in [5.74, 6) is 0. The Bertz CT molecular complexity index is 345. The van der Waals surface area contributed by atoms with Crippen molar-refractivity contribution in [3.63, 3.8) is 0 Å². The molecule has 1 aliphatic heterocycles. The molecule has 1 aliphatic rings. The zero-order valence-corrected chi connectivity index (χ0v) is 12.0. The van der Waals surface area contributed by atoms with Crippen LogP contribution in [0.25, 0.3) is 0 Å². The fourth-order valence-corrected chi connectivity index (χ4v) is 3.73. The van der Waals surface area contributed by atoms with Gasteiger partial charge in [0.2, 0.25) is 0 Å². The number of hydrogen-bond donors (Lipinski definition) is 2. The summed E-state index contributed by atoms with van der Waals surface area (Å²) in [6.45, 7) is 6.68. The van der Waals surface area contributed by atoms with Crippen molar-refractivity contribution >= 4 is 22.9 Å². The summed E-state index contributed by atoms with van der Waals surface area (Å²) in [6.07, 6.45) is 3.89. The number of halogens is 1. The standard InChI is InChI=1S/C13H21ClN2S/c1-2-5-13(6-7-15-9-13)10-16-8-11-3-4-12(14)17-11/h3-4,15-16H,2,5-10H2,1H3. The zero-order chi connectivity index (χ0) is 12.1. The Hall–Kier alpha value is -0.0900. The van der Waals surface area contributed by atoms with E-state index in [2.05, 4.69) is 23.6 Å². The predicted octanol–water partition coefficient (Wildman–Crippen LogP) is 3.27. The van der Waals surface area contributed by atoms with Crippen LogP contribution in [0.15, 0.2) is 12.1 Å². The Labute approximate surface area is 113 Å². The number of rotatable bonds is 6. The topological polar surface area (TPSA) is 24.1 Å². The van der Waals surface area contributed by atoms with Crippen molar-refractivity contribution in [2.75, 3.05) is 19.6 Å². The van der Waals surface area contributed by atoms with E-state index in [-0.39, 0.29) is 0 Å². The first-order valence-corrected chi connectivity index (χ1v) is 7.59. The average molecular weight is 273 g/mol. The molecule has 1 aromatic heterocycles. The summed E-state index contributed by atoms with van der Waals surface area (Å²) in [7, 11) is 0. The van der Waals surface area contributed by atoms with Crippen LogP contribution in [0.3, 0.4) is 0 Å². The second-order valence-corrected chi connectivity index (χ2v) is 6.79. The third-order valence-corrected chi connectivity index (χ3v) is 4.77. The van der Waals surface area contributed by atoms with E-state index in [0.29, 0.717) is 5.41 Å². The Morgan fingerprint density at radius 1 is 1.53 bits per heavy atom. The van der Waals surface area contributed by atoms with E-state index in [4.69, 9.17) is 11.6 Å². The van der Waals surface area contributed by atoms with Gasteiger partial charge in [-0.05, 0) is 36.9 Å². The van der Waals surface area contributed by atoms with Gasteiger partial charge in [0, 0.05) is 24.5 Å². The van der Waals surface area contributed by atoms with Gasteiger partial charge in [-0.15, -0.1) is 11.3 Å². The predicted molar refractivity (Wildman–Crippen MR) is 75.9 cm³/mol. The van der Waals surface area contributed by atoms with E-state index in [1.54, 1.807) is 11.3 Å². The third-order valence-electron chi connectivity index (χ3n) is 3.54. The molecular weight excluding hydrogens is 252 g/mol. The first-order valence-electron chi connectivity index (χ1n) is 6.40. The Morgan fingerprint density at radius 3 is 3.00 bits per heavy atom. The number of thiophene rings is 1. The van der Waals surface area contributed by atoms with Gasteiger partial charge in [-0.3, -0.25) is 0 Å². The van der Waals surface area contributed by atoms with Crippen LogP contribution < -0.4 is 10.6 Å². The van der Waals surface area contributed by atoms with Gasteiger partial charge >= 0.3 is 0 Å². The van der Waals surface area contributed by atoms with Crippen molar-refractivity contribution in [1.82, 2.24) is 10.6 Å². The maximum atomic E-state index is 5.92. The molecule has 0 bridgehead atoms. The highest BCUT2D eigenvalue weighted by molar-refractivity contribution is 7.16. The maximum Gasteiger partial charge on any atom is 0.0931 e. The lowest BCUT2D eigenvalue weighted by atomic mass is 9.82. The lowest BCUT2D eigenvalue weighted by Crippen LogP contribution is -2.35. The minimum atomic E-state index is 0.482. The molecule has 2 heterocycles. The zero-order valence-electron chi connectivity index (χ0n) is 10.4. The van der Waals surface area contributed by atoms with Crippen LogP contribution in [0.2, 0.25) is 4.34 Å². The van der Waals surface area contributed by atoms with Crippen LogP contribution in [0.4, 0.5) is 0 Å². The van der Waals surface area contributed by atoms with Gasteiger partial charge < -0.3 is 10.6 Å². The molecule has 1 atom stereocenters. The van der Waals surface area contributed by atoms with Crippen LogP contribution in [0, 0.1) is 5.41 Å². The first kappa shape index (κ1) is 13.3.